The molecule has 0 amide bonds. The summed E-state index contributed by atoms with van der Waals surface area (Å²) in [6.45, 7) is 8.47. The van der Waals surface area contributed by atoms with Crippen molar-refractivity contribution in [2.24, 2.45) is 0 Å². The molecule has 3 aromatic carbocycles. The molecule has 0 unspecified atom stereocenters. The van der Waals surface area contributed by atoms with Gasteiger partial charge in [0.2, 0.25) is 0 Å². The van der Waals surface area contributed by atoms with Crippen molar-refractivity contribution >= 4 is 31.0 Å². The summed E-state index contributed by atoms with van der Waals surface area (Å²) in [5.41, 5.74) is 5.09. The van der Waals surface area contributed by atoms with E-state index >= 15 is 0 Å². The molecule has 0 spiro atoms. The maximum atomic E-state index is 12.3. The molecule has 1 aliphatic heterocycles. The molecule has 2 N–H and O–H groups in total. The van der Waals surface area contributed by atoms with Crippen LogP contribution in [0.3, 0.4) is 0 Å². The van der Waals surface area contributed by atoms with Gasteiger partial charge in [0, 0.05) is 99.1 Å². The Kier molecular flexibility index (Phi) is 27.9. The molecular weight excluding hydrogens is 1450 g/mol. The molecule has 0 bridgehead atoms. The largest absolute Gasteiger partial charge is 2.00 e. The molecule has 99 heavy (non-hydrogen) atoms. The average molecular weight is 1510 g/mol. The fourth-order valence-corrected chi connectivity index (χ4v) is 7.98. The van der Waals surface area contributed by atoms with Crippen LogP contribution in [-0.2, 0) is 64.4 Å². The number of carbonyl (C=O) groups excluding carboxylic acids is 3. The summed E-state index contributed by atoms with van der Waals surface area (Å²) in [5, 5.41) is 39.5. The number of hydrogen-bond donors (Lipinski definition) is 2. The van der Waals surface area contributed by atoms with Gasteiger partial charge in [0.15, 0.2) is 11.6 Å². The van der Waals surface area contributed by atoms with E-state index < -0.39 is 36.6 Å². The molecule has 12 heterocycles. The van der Waals surface area contributed by atoms with E-state index in [9.17, 15) is 14.4 Å². The molecular formula is C67H63BN22O8Pt. The van der Waals surface area contributed by atoms with Crippen LogP contribution in [0.2, 0.25) is 0 Å². The number of H-pyrrole nitrogens is 2. The van der Waals surface area contributed by atoms with Crippen LogP contribution in [0, 0.1) is 0 Å². The van der Waals surface area contributed by atoms with Gasteiger partial charge in [0.1, 0.15) is 42.9 Å². The van der Waals surface area contributed by atoms with Crippen LogP contribution >= 0.6 is 0 Å². The third-order valence-corrected chi connectivity index (χ3v) is 13.5. The quantitative estimate of drug-likeness (QED) is 0.0899. The smallest absolute Gasteiger partial charge is 0.572 e. The molecule has 1 fully saturated rings. The summed E-state index contributed by atoms with van der Waals surface area (Å²) in [4.78, 5) is 68.1. The summed E-state index contributed by atoms with van der Waals surface area (Å²) in [5.74, 6) is 2.33. The SMILES string of the molecule is CC1(C)OB(c2ccnn2C(=O)OCc2ccccc2)OC1(C)C.O=C(OCc1ccccc1)n1cccn1.O=C(OCc1ccccc1)n1nccc1-c1ncccn1.[Pt+2].c1cn[nH]c1.c1cnc(-c2ccn[n-]2)nc1.c1cnc(-c2ccn[n-]2)nc1.c1cnc(-c2ccn[nH]2)nc1. The minimum absolute atomic E-state index is 0. The van der Waals surface area contributed by atoms with Crippen LogP contribution in [0.1, 0.15) is 44.4 Å². The topological polar surface area (TPSA) is 365 Å². The molecule has 1 saturated heterocycles. The molecule has 502 valence electrons. The van der Waals surface area contributed by atoms with Crippen LogP contribution in [0.15, 0.2) is 263 Å². The fourth-order valence-electron chi connectivity index (χ4n) is 7.98. The van der Waals surface area contributed by atoms with Crippen LogP contribution in [0.25, 0.3) is 46.1 Å². The third kappa shape index (κ3) is 22.6. The maximum Gasteiger partial charge on any atom is 2.00 e. The number of carbonyl (C=O) groups is 3. The number of nitrogens with one attached hydrogen (secondary N) is 2. The van der Waals surface area contributed by atoms with E-state index in [4.69, 9.17) is 23.5 Å². The van der Waals surface area contributed by atoms with Crippen LogP contribution in [0.4, 0.5) is 14.4 Å². The minimum Gasteiger partial charge on any atom is -0.572 e. The second-order valence-electron chi connectivity index (χ2n) is 20.8. The first-order valence-electron chi connectivity index (χ1n) is 29.9. The number of hydrogen-bond acceptors (Lipinski definition) is 23. The number of benzene rings is 3. The number of rotatable bonds is 11. The van der Waals surface area contributed by atoms with Gasteiger partial charge in [0.05, 0.1) is 23.0 Å². The zero-order valence-electron chi connectivity index (χ0n) is 53.6. The molecule has 15 rings (SSSR count). The van der Waals surface area contributed by atoms with Crippen molar-refractivity contribution in [3.63, 3.8) is 0 Å². The van der Waals surface area contributed by atoms with Crippen molar-refractivity contribution in [1.29, 1.82) is 0 Å². The zero-order chi connectivity index (χ0) is 68.5. The van der Waals surface area contributed by atoms with Crippen LogP contribution in [-0.4, -0.2) is 136 Å². The van der Waals surface area contributed by atoms with Gasteiger partial charge in [-0.3, -0.25) is 10.2 Å². The molecule has 32 heteroatoms. The van der Waals surface area contributed by atoms with E-state index in [0.717, 1.165) is 31.7 Å². The zero-order valence-corrected chi connectivity index (χ0v) is 55.8. The van der Waals surface area contributed by atoms with E-state index in [1.54, 1.807) is 141 Å². The van der Waals surface area contributed by atoms with Gasteiger partial charge < -0.3 is 43.9 Å². The first-order valence-corrected chi connectivity index (χ1v) is 29.9. The summed E-state index contributed by atoms with van der Waals surface area (Å²) in [6, 6.07) is 47.7. The first-order chi connectivity index (χ1) is 47.9. The predicted molar refractivity (Wildman–Crippen MR) is 355 cm³/mol. The minimum atomic E-state index is -0.665. The number of aromatic amines is 2. The van der Waals surface area contributed by atoms with Gasteiger partial charge in [-0.05, 0) is 99.0 Å². The van der Waals surface area contributed by atoms with Gasteiger partial charge >= 0.3 is 46.5 Å². The van der Waals surface area contributed by atoms with Gasteiger partial charge in [-0.2, -0.15) is 39.5 Å². The molecule has 11 aromatic heterocycles. The Morgan fingerprint density at radius 2 is 0.889 bits per heavy atom. The Bertz CT molecular complexity index is 4260. The number of aromatic nitrogens is 22. The molecule has 0 atom stereocenters. The Labute approximate surface area is 581 Å². The van der Waals surface area contributed by atoms with Crippen molar-refractivity contribution in [2.45, 2.75) is 58.7 Å². The summed E-state index contributed by atoms with van der Waals surface area (Å²) in [6.07, 6.45) is 26.2. The first kappa shape index (κ1) is 72.4. The number of nitrogens with zero attached hydrogens (tertiary/aromatic N) is 20. The van der Waals surface area contributed by atoms with Crippen molar-refractivity contribution in [2.75, 3.05) is 0 Å². The summed E-state index contributed by atoms with van der Waals surface area (Å²) < 4.78 is 31.0. The predicted octanol–water partition coefficient (Wildman–Crippen LogP) is 9.23. The average Bonchev–Trinajstić information content (AvgIpc) is 1.62. The van der Waals surface area contributed by atoms with Gasteiger partial charge in [-0.25, -0.2) is 54.3 Å². The van der Waals surface area contributed by atoms with E-state index in [0.29, 0.717) is 46.0 Å². The molecule has 0 aliphatic carbocycles. The molecule has 14 aromatic rings. The summed E-state index contributed by atoms with van der Waals surface area (Å²) >= 11 is 0. The molecule has 30 nitrogen and oxygen atoms in total. The molecule has 1 aliphatic rings. The van der Waals surface area contributed by atoms with Crippen LogP contribution < -0.4 is 15.8 Å². The normalized spacial score (nSPS) is 11.9. The van der Waals surface area contributed by atoms with E-state index in [1.807, 2.05) is 131 Å². The van der Waals surface area contributed by atoms with Crippen molar-refractivity contribution in [1.82, 2.24) is 110 Å². The maximum absolute atomic E-state index is 12.3. The number of ether oxygens (including phenoxy) is 3. The third-order valence-electron chi connectivity index (χ3n) is 13.5. The van der Waals surface area contributed by atoms with Gasteiger partial charge in [-0.1, -0.05) is 115 Å². The molecule has 0 saturated carbocycles. The van der Waals surface area contributed by atoms with Crippen molar-refractivity contribution < 1.29 is 59.0 Å². The van der Waals surface area contributed by atoms with Gasteiger partial charge in [-0.15, -0.1) is 0 Å². The van der Waals surface area contributed by atoms with Crippen molar-refractivity contribution in [3.8, 4) is 46.1 Å². The van der Waals surface area contributed by atoms with E-state index in [-0.39, 0.29) is 40.9 Å². The van der Waals surface area contributed by atoms with E-state index in [1.165, 1.54) is 23.3 Å². The Balaban J connectivity index is 0.000000152. The monoisotopic (exact) mass is 1510 g/mol. The van der Waals surface area contributed by atoms with Gasteiger partial charge in [0.25, 0.3) is 0 Å². The Hall–Kier alpha value is -12.5. The van der Waals surface area contributed by atoms with Crippen LogP contribution in [0.5, 0.6) is 0 Å². The second kappa shape index (κ2) is 38.2. The summed E-state index contributed by atoms with van der Waals surface area (Å²) in [7, 11) is -0.665. The Morgan fingerprint density at radius 1 is 0.434 bits per heavy atom. The second-order valence-corrected chi connectivity index (χ2v) is 20.8. The standard InChI is InChI=1S/C17H21BN2O4.C15H12N4O2.C11H10N2O2.C7H6N4.2C7H5N4.C3H4N2.Pt/c1-16(2)17(3,4)24-18(23-16)14-10-11-19-20(14)15(21)22-12-13-8-6-5-7-9-13;20-15(21-11-12-5-2-1-3-6-12)19-13(7-10-18-19)14-16-8-4-9-17-14;14-11(13-8-4-7-12-13)15-9-10-5-2-1-3-6-10;3*1-3-8-7(9-4-1)6-2-5-10-11-6;1-2-4-5-3-1;/h5-11H,12H2,1-4H3;1-10H,11H2;1-8H,9H2;1-5H,(H,10,11);2*1-5H;1-3H,(H,4,5);/q;;;;2*-1;;+2. The van der Waals surface area contributed by atoms with E-state index in [2.05, 4.69) is 96.0 Å². The fraction of sp³-hybridized carbons (Fsp3) is 0.134. The molecule has 0 radical (unpaired) electrons. The van der Waals surface area contributed by atoms with Crippen molar-refractivity contribution in [3.05, 3.63) is 280 Å². The Morgan fingerprint density at radius 3 is 1.30 bits per heavy atom.